The van der Waals surface area contributed by atoms with E-state index in [0.717, 1.165) is 5.84 Å². The highest BCUT2D eigenvalue weighted by Crippen LogP contribution is 2.49. The Morgan fingerprint density at radius 1 is 0.758 bits per heavy atom. The van der Waals surface area contributed by atoms with E-state index in [1.165, 1.54) is 42.6 Å². The highest BCUT2D eigenvalue weighted by Gasteiger charge is 2.42. The van der Waals surface area contributed by atoms with Gasteiger partial charge in [0.25, 0.3) is 12.0 Å². The lowest BCUT2D eigenvalue weighted by Gasteiger charge is -2.34. The molecule has 0 aliphatic carbocycles. The molecule has 162 valence electrons. The summed E-state index contributed by atoms with van der Waals surface area (Å²) in [5.74, 6) is 1.08. The normalized spacial score (nSPS) is 20.6. The number of para-hydroxylation sites is 1. The van der Waals surface area contributed by atoms with Gasteiger partial charge in [0.1, 0.15) is 5.69 Å². The van der Waals surface area contributed by atoms with Gasteiger partial charge >= 0.3 is 0 Å². The largest absolute Gasteiger partial charge is 0.292 e. The van der Waals surface area contributed by atoms with Crippen molar-refractivity contribution in [2.45, 2.75) is 35.2 Å². The van der Waals surface area contributed by atoms with Crippen molar-refractivity contribution in [3.63, 3.8) is 0 Å². The third kappa shape index (κ3) is 3.42. The molecule has 2 unspecified atom stereocenters. The van der Waals surface area contributed by atoms with Crippen LogP contribution in [0.2, 0.25) is 0 Å². The zero-order valence-electron chi connectivity index (χ0n) is 18.8. The summed E-state index contributed by atoms with van der Waals surface area (Å²) in [5.41, 5.74) is 8.53. The molecule has 0 radical (unpaired) electrons. The van der Waals surface area contributed by atoms with Crippen molar-refractivity contribution >= 4 is 23.3 Å². The van der Waals surface area contributed by atoms with E-state index >= 15 is 0 Å². The van der Waals surface area contributed by atoms with Crippen LogP contribution in [0.3, 0.4) is 0 Å². The van der Waals surface area contributed by atoms with Crippen LogP contribution >= 0.6 is 11.8 Å². The first kappa shape index (κ1) is 20.4. The Balaban J connectivity index is 1.45. The molecule has 6 rings (SSSR count). The lowest BCUT2D eigenvalue weighted by atomic mass is 9.77. The maximum absolute atomic E-state index is 5.01. The van der Waals surface area contributed by atoms with Crippen molar-refractivity contribution < 1.29 is 10.3 Å². The Morgan fingerprint density at radius 3 is 2.21 bits per heavy atom. The van der Waals surface area contributed by atoms with Crippen LogP contribution in [-0.2, 0) is 5.41 Å². The summed E-state index contributed by atoms with van der Waals surface area (Å²) < 4.78 is 0. The molecule has 4 aromatic carbocycles. The van der Waals surface area contributed by atoms with Crippen LogP contribution in [-0.4, -0.2) is 5.84 Å². The lowest BCUT2D eigenvalue weighted by molar-refractivity contribution is -0.927. The molecule has 33 heavy (non-hydrogen) atoms. The zero-order valence-corrected chi connectivity index (χ0v) is 19.6. The van der Waals surface area contributed by atoms with E-state index in [1.807, 2.05) is 11.8 Å². The molecule has 4 aromatic rings. The molecule has 2 aliphatic rings. The topological polar surface area (TPSA) is 33.4 Å². The van der Waals surface area contributed by atoms with E-state index in [2.05, 4.69) is 122 Å². The molecule has 2 aliphatic heterocycles. The number of benzene rings is 4. The smallest absolute Gasteiger partial charge is 0.195 e. The van der Waals surface area contributed by atoms with Crippen molar-refractivity contribution in [2.24, 2.45) is 5.10 Å². The first-order chi connectivity index (χ1) is 16.1. The number of nitrogens with one attached hydrogen (secondary N) is 1. The molecule has 0 saturated carbocycles. The van der Waals surface area contributed by atoms with Gasteiger partial charge in [0.2, 0.25) is 0 Å². The van der Waals surface area contributed by atoms with Crippen LogP contribution in [0.5, 0.6) is 0 Å². The molecule has 4 heteroatoms. The lowest BCUT2D eigenvalue weighted by Crippen LogP contribution is -3.15. The number of quaternary nitrogens is 2. The minimum atomic E-state index is -0.0538. The van der Waals surface area contributed by atoms with E-state index < -0.39 is 0 Å². The number of amidine groups is 1. The van der Waals surface area contributed by atoms with Crippen molar-refractivity contribution in [3.05, 3.63) is 125 Å². The molecule has 0 saturated heterocycles. The van der Waals surface area contributed by atoms with E-state index in [1.54, 1.807) is 0 Å². The van der Waals surface area contributed by atoms with Crippen molar-refractivity contribution in [3.8, 4) is 0 Å². The van der Waals surface area contributed by atoms with Gasteiger partial charge in [0.05, 0.1) is 11.1 Å². The van der Waals surface area contributed by atoms with Gasteiger partial charge in [-0.1, -0.05) is 80.2 Å². The Morgan fingerprint density at radius 2 is 1.42 bits per heavy atom. The second-order valence-corrected chi connectivity index (χ2v) is 10.3. The molecule has 3 nitrogen and oxygen atoms in total. The van der Waals surface area contributed by atoms with Crippen molar-refractivity contribution in [2.75, 3.05) is 0 Å². The van der Waals surface area contributed by atoms with E-state index in [4.69, 9.17) is 5.10 Å². The number of hydrogen-bond acceptors (Lipinski definition) is 2. The average molecular weight is 450 g/mol. The third-order valence-corrected chi connectivity index (χ3v) is 8.02. The highest BCUT2D eigenvalue weighted by molar-refractivity contribution is 7.99. The molecular formula is C29H27N3S+2. The molecule has 0 aromatic heterocycles. The minimum absolute atomic E-state index is 0.0538. The molecule has 2 heterocycles. The van der Waals surface area contributed by atoms with Gasteiger partial charge in [0, 0.05) is 15.2 Å². The first-order valence-electron chi connectivity index (χ1n) is 11.4. The number of nitrogens with two attached hydrogens (primary N) is 1. The monoisotopic (exact) mass is 449 g/mol. The molecule has 2 atom stereocenters. The maximum atomic E-state index is 5.01. The van der Waals surface area contributed by atoms with E-state index in [0.29, 0.717) is 0 Å². The van der Waals surface area contributed by atoms with Crippen LogP contribution in [0.4, 0.5) is 5.69 Å². The predicted molar refractivity (Wildman–Crippen MR) is 134 cm³/mol. The first-order valence-corrected chi connectivity index (χ1v) is 12.3. The number of rotatable bonds is 3. The van der Waals surface area contributed by atoms with Crippen LogP contribution < -0.4 is 10.3 Å². The van der Waals surface area contributed by atoms with Gasteiger partial charge in [-0.15, -0.1) is 0 Å². The summed E-state index contributed by atoms with van der Waals surface area (Å²) in [6.07, 6.45) is 0.155. The van der Waals surface area contributed by atoms with Crippen LogP contribution in [0.25, 0.3) is 0 Å². The van der Waals surface area contributed by atoms with Gasteiger partial charge in [-0.3, -0.25) is 0 Å². The summed E-state index contributed by atoms with van der Waals surface area (Å²) in [7, 11) is 0. The molecule has 0 amide bonds. The average Bonchev–Trinajstić information content (AvgIpc) is 3.30. The molecule has 3 N–H and O–H groups in total. The second kappa shape index (κ2) is 7.99. The quantitative estimate of drug-likeness (QED) is 0.439. The SMILES string of the molecule is CC1(C)c2ccccc2Sc2ccc(C3=N[NH2+]C(c4ccccc4)[NH+]3c3ccccc3)cc21. The van der Waals surface area contributed by atoms with Crippen LogP contribution in [0.1, 0.15) is 42.3 Å². The van der Waals surface area contributed by atoms with E-state index in [9.17, 15) is 0 Å². The van der Waals surface area contributed by atoms with Crippen LogP contribution in [0, 0.1) is 0 Å². The van der Waals surface area contributed by atoms with Crippen molar-refractivity contribution in [1.82, 2.24) is 0 Å². The molecular weight excluding hydrogens is 422 g/mol. The molecule has 0 spiro atoms. The van der Waals surface area contributed by atoms with Gasteiger partial charge in [-0.2, -0.15) is 10.3 Å². The Kier molecular flexibility index (Phi) is 4.95. The fourth-order valence-electron chi connectivity index (χ4n) is 5.11. The van der Waals surface area contributed by atoms with Crippen LogP contribution in [0.15, 0.2) is 118 Å². The van der Waals surface area contributed by atoms with Gasteiger partial charge in [-0.05, 0) is 64.8 Å². The Bertz CT molecular complexity index is 1350. The Hall–Kier alpha value is -3.18. The number of fused-ring (bicyclic) bond motifs is 2. The molecule has 0 fully saturated rings. The fourth-order valence-corrected chi connectivity index (χ4v) is 6.48. The standard InChI is InChI=1S/C29H25N3S/c1-29(2)23-15-9-10-16-25(23)33-26-18-17-21(19-24(26)29)28-31-30-27(20-11-5-3-6-12-20)32(28)22-13-7-4-8-14-22/h3-19,27,30H,1-2H3/p+2. The summed E-state index contributed by atoms with van der Waals surface area (Å²) in [6, 6.07) is 37.1. The fraction of sp³-hybridized carbons (Fsp3) is 0.138. The third-order valence-electron chi connectivity index (χ3n) is 6.87. The number of nitrogens with zero attached hydrogens (tertiary/aromatic N) is 1. The van der Waals surface area contributed by atoms with E-state index in [-0.39, 0.29) is 11.6 Å². The summed E-state index contributed by atoms with van der Waals surface area (Å²) in [4.78, 5) is 3.98. The highest BCUT2D eigenvalue weighted by atomic mass is 32.2. The Labute approximate surface area is 199 Å². The summed E-state index contributed by atoms with van der Waals surface area (Å²) in [5, 5.41) is 5.01. The second-order valence-electron chi connectivity index (χ2n) is 9.23. The summed E-state index contributed by atoms with van der Waals surface area (Å²) in [6.45, 7) is 4.68. The maximum Gasteiger partial charge on any atom is 0.292 e. The minimum Gasteiger partial charge on any atom is -0.195 e. The summed E-state index contributed by atoms with van der Waals surface area (Å²) >= 11 is 1.88. The predicted octanol–water partition coefficient (Wildman–Crippen LogP) is 4.63. The molecule has 0 bridgehead atoms. The zero-order chi connectivity index (χ0) is 22.4. The number of hydrogen-bond donors (Lipinski definition) is 2. The van der Waals surface area contributed by atoms with Gasteiger partial charge in [0.15, 0.2) is 0 Å². The van der Waals surface area contributed by atoms with Gasteiger partial charge < -0.3 is 0 Å². The van der Waals surface area contributed by atoms with Crippen molar-refractivity contribution in [1.29, 1.82) is 0 Å². The van der Waals surface area contributed by atoms with Gasteiger partial charge in [-0.25, -0.2) is 0 Å².